The number of pyridine rings is 1. The van der Waals surface area contributed by atoms with E-state index >= 15 is 0 Å². The van der Waals surface area contributed by atoms with E-state index in [-0.39, 0.29) is 0 Å². The fourth-order valence-electron chi connectivity index (χ4n) is 2.87. The Morgan fingerprint density at radius 2 is 2.32 bits per heavy atom. The number of aryl methyl sites for hydroxylation is 2. The number of nitrogens with one attached hydrogen (secondary N) is 1. The molecule has 3 heteroatoms. The smallest absolute Gasteiger partial charge is 0.0605 e. The van der Waals surface area contributed by atoms with E-state index < -0.39 is 0 Å². The summed E-state index contributed by atoms with van der Waals surface area (Å²) in [4.78, 5) is 7.41. The Labute approximate surface area is 118 Å². The molecule has 2 aromatic heterocycles. The van der Waals surface area contributed by atoms with Crippen LogP contribution in [0.3, 0.4) is 0 Å². The van der Waals surface area contributed by atoms with Gasteiger partial charge in [0.2, 0.25) is 0 Å². The van der Waals surface area contributed by atoms with Crippen molar-refractivity contribution in [3.8, 4) is 0 Å². The van der Waals surface area contributed by atoms with Crippen molar-refractivity contribution in [2.24, 2.45) is 0 Å². The predicted octanol–water partition coefficient (Wildman–Crippen LogP) is 3.66. The Morgan fingerprint density at radius 1 is 1.42 bits per heavy atom. The summed E-state index contributed by atoms with van der Waals surface area (Å²) in [5.41, 5.74) is 2.68. The van der Waals surface area contributed by atoms with Gasteiger partial charge >= 0.3 is 0 Å². The molecule has 0 bridgehead atoms. The molecule has 2 atom stereocenters. The molecule has 19 heavy (non-hydrogen) atoms. The number of rotatable bonds is 4. The quantitative estimate of drug-likeness (QED) is 0.918. The van der Waals surface area contributed by atoms with E-state index in [2.05, 4.69) is 42.3 Å². The highest BCUT2D eigenvalue weighted by Crippen LogP contribution is 2.29. The summed E-state index contributed by atoms with van der Waals surface area (Å²) in [5.74, 6) is 0. The number of fused-ring (bicyclic) bond motifs is 1. The predicted molar refractivity (Wildman–Crippen MR) is 80.7 cm³/mol. The first-order chi connectivity index (χ1) is 9.22. The van der Waals surface area contributed by atoms with Crippen LogP contribution in [0.4, 0.5) is 0 Å². The summed E-state index contributed by atoms with van der Waals surface area (Å²) < 4.78 is 0. The topological polar surface area (TPSA) is 24.9 Å². The van der Waals surface area contributed by atoms with Crippen LogP contribution in [0.1, 0.15) is 40.4 Å². The molecule has 2 nitrogen and oxygen atoms in total. The Bertz CT molecular complexity index is 561. The SMILES string of the molecule is Cc1ccc(CC(C)NC2CCc3cccnc32)s1. The van der Waals surface area contributed by atoms with E-state index in [1.165, 1.54) is 27.4 Å². The Balaban J connectivity index is 1.63. The maximum Gasteiger partial charge on any atom is 0.0605 e. The first-order valence-corrected chi connectivity index (χ1v) is 7.79. The average molecular weight is 272 g/mol. The largest absolute Gasteiger partial charge is 0.306 e. The molecule has 0 radical (unpaired) electrons. The summed E-state index contributed by atoms with van der Waals surface area (Å²) in [7, 11) is 0. The van der Waals surface area contributed by atoms with Crippen LogP contribution >= 0.6 is 11.3 Å². The Kier molecular flexibility index (Phi) is 3.67. The minimum atomic E-state index is 0.437. The zero-order valence-corrected chi connectivity index (χ0v) is 12.3. The average Bonchev–Trinajstić information content (AvgIpc) is 2.97. The zero-order valence-electron chi connectivity index (χ0n) is 11.5. The van der Waals surface area contributed by atoms with Crippen molar-refractivity contribution in [2.75, 3.05) is 0 Å². The van der Waals surface area contributed by atoms with Crippen LogP contribution in [0.2, 0.25) is 0 Å². The van der Waals surface area contributed by atoms with Crippen LogP contribution in [0, 0.1) is 6.92 Å². The van der Waals surface area contributed by atoms with E-state index in [9.17, 15) is 0 Å². The van der Waals surface area contributed by atoms with Crippen LogP contribution in [-0.4, -0.2) is 11.0 Å². The van der Waals surface area contributed by atoms with Gasteiger partial charge < -0.3 is 5.32 Å². The molecule has 0 aliphatic heterocycles. The molecule has 0 spiro atoms. The molecule has 100 valence electrons. The van der Waals surface area contributed by atoms with Gasteiger partial charge in [0.1, 0.15) is 0 Å². The van der Waals surface area contributed by atoms with Gasteiger partial charge in [0.15, 0.2) is 0 Å². The van der Waals surface area contributed by atoms with Gasteiger partial charge in [-0.3, -0.25) is 4.98 Å². The van der Waals surface area contributed by atoms with Gasteiger partial charge in [-0.05, 0) is 56.9 Å². The maximum absolute atomic E-state index is 4.55. The van der Waals surface area contributed by atoms with Crippen molar-refractivity contribution in [1.82, 2.24) is 10.3 Å². The molecule has 2 heterocycles. The van der Waals surface area contributed by atoms with Gasteiger partial charge in [-0.2, -0.15) is 0 Å². The lowest BCUT2D eigenvalue weighted by atomic mass is 10.1. The third-order valence-electron chi connectivity index (χ3n) is 3.75. The summed E-state index contributed by atoms with van der Waals surface area (Å²) in [6.07, 6.45) is 5.36. The Morgan fingerprint density at radius 3 is 3.11 bits per heavy atom. The molecular formula is C16H20N2S. The van der Waals surface area contributed by atoms with Crippen LogP contribution in [-0.2, 0) is 12.8 Å². The molecule has 0 saturated heterocycles. The van der Waals surface area contributed by atoms with Crippen molar-refractivity contribution in [1.29, 1.82) is 0 Å². The molecule has 0 aromatic carbocycles. The van der Waals surface area contributed by atoms with E-state index in [1.807, 2.05) is 23.6 Å². The highest BCUT2D eigenvalue weighted by molar-refractivity contribution is 7.11. The van der Waals surface area contributed by atoms with Crippen molar-refractivity contribution >= 4 is 11.3 Å². The molecule has 1 aliphatic rings. The number of nitrogens with zero attached hydrogens (tertiary/aromatic N) is 1. The summed E-state index contributed by atoms with van der Waals surface area (Å²) in [5, 5.41) is 3.74. The third kappa shape index (κ3) is 2.88. The highest BCUT2D eigenvalue weighted by Gasteiger charge is 2.24. The number of aromatic nitrogens is 1. The van der Waals surface area contributed by atoms with Gasteiger partial charge in [0.25, 0.3) is 0 Å². The van der Waals surface area contributed by atoms with Crippen LogP contribution in [0.5, 0.6) is 0 Å². The normalized spacial score (nSPS) is 19.4. The van der Waals surface area contributed by atoms with E-state index in [0.717, 1.165) is 12.8 Å². The zero-order chi connectivity index (χ0) is 13.2. The molecule has 1 N–H and O–H groups in total. The lowest BCUT2D eigenvalue weighted by Gasteiger charge is -2.19. The van der Waals surface area contributed by atoms with Crippen molar-refractivity contribution in [3.05, 3.63) is 51.5 Å². The second-order valence-electron chi connectivity index (χ2n) is 5.42. The lowest BCUT2D eigenvalue weighted by molar-refractivity contribution is 0.447. The van der Waals surface area contributed by atoms with Gasteiger partial charge in [-0.15, -0.1) is 11.3 Å². The molecule has 0 amide bonds. The second kappa shape index (κ2) is 5.43. The molecule has 3 rings (SSSR count). The molecule has 1 aliphatic carbocycles. The van der Waals surface area contributed by atoms with Crippen molar-refractivity contribution in [2.45, 2.75) is 45.2 Å². The van der Waals surface area contributed by atoms with E-state index in [4.69, 9.17) is 0 Å². The fraction of sp³-hybridized carbons (Fsp3) is 0.438. The maximum atomic E-state index is 4.55. The Hall–Kier alpha value is -1.19. The highest BCUT2D eigenvalue weighted by atomic mass is 32.1. The van der Waals surface area contributed by atoms with Gasteiger partial charge in [0, 0.05) is 22.0 Å². The third-order valence-corrected chi connectivity index (χ3v) is 4.77. The molecule has 2 unspecified atom stereocenters. The van der Waals surface area contributed by atoms with Gasteiger partial charge in [-0.1, -0.05) is 6.07 Å². The van der Waals surface area contributed by atoms with Crippen LogP contribution in [0.25, 0.3) is 0 Å². The molecular weight excluding hydrogens is 252 g/mol. The van der Waals surface area contributed by atoms with Gasteiger partial charge in [0.05, 0.1) is 11.7 Å². The number of thiophene rings is 1. The second-order valence-corrected chi connectivity index (χ2v) is 6.80. The van der Waals surface area contributed by atoms with Crippen LogP contribution < -0.4 is 5.32 Å². The molecule has 0 saturated carbocycles. The summed E-state index contributed by atoms with van der Waals surface area (Å²) in [6.45, 7) is 4.44. The minimum absolute atomic E-state index is 0.437. The first kappa shape index (κ1) is 12.8. The van der Waals surface area contributed by atoms with Gasteiger partial charge in [-0.25, -0.2) is 0 Å². The molecule has 2 aromatic rings. The standard InChI is InChI=1S/C16H20N2S/c1-11(10-14-7-5-12(2)19-14)18-15-8-6-13-4-3-9-17-16(13)15/h3-5,7,9,11,15,18H,6,8,10H2,1-2H3. The van der Waals surface area contributed by atoms with Crippen molar-refractivity contribution < 1.29 is 0 Å². The number of hydrogen-bond donors (Lipinski definition) is 1. The summed E-state index contributed by atoms with van der Waals surface area (Å²) in [6, 6.07) is 9.64. The lowest BCUT2D eigenvalue weighted by Crippen LogP contribution is -2.31. The van der Waals surface area contributed by atoms with Crippen molar-refractivity contribution in [3.63, 3.8) is 0 Å². The summed E-state index contributed by atoms with van der Waals surface area (Å²) >= 11 is 1.90. The fourth-order valence-corrected chi connectivity index (χ4v) is 3.89. The minimum Gasteiger partial charge on any atom is -0.306 e. The van der Waals surface area contributed by atoms with Crippen LogP contribution in [0.15, 0.2) is 30.5 Å². The number of hydrogen-bond acceptors (Lipinski definition) is 3. The molecule has 0 fully saturated rings. The first-order valence-electron chi connectivity index (χ1n) is 6.97. The monoisotopic (exact) mass is 272 g/mol. The van der Waals surface area contributed by atoms with E-state index in [1.54, 1.807) is 0 Å². The van der Waals surface area contributed by atoms with E-state index in [0.29, 0.717) is 12.1 Å².